The van der Waals surface area contributed by atoms with Crippen LogP contribution in [0.3, 0.4) is 0 Å². The zero-order valence-electron chi connectivity index (χ0n) is 10.0. The Morgan fingerprint density at radius 3 is 2.67 bits per heavy atom. The molecule has 18 heavy (non-hydrogen) atoms. The van der Waals surface area contributed by atoms with Crippen LogP contribution in [0.4, 0.5) is 8.78 Å². The van der Waals surface area contributed by atoms with E-state index in [4.69, 9.17) is 10.5 Å². The molecule has 0 radical (unpaired) electrons. The number of thiophene rings is 1. The van der Waals surface area contributed by atoms with Crippen LogP contribution in [0.25, 0.3) is 0 Å². The molecule has 0 spiro atoms. The van der Waals surface area contributed by atoms with Crippen LogP contribution in [-0.4, -0.2) is 7.11 Å². The average molecular weight is 269 g/mol. The molecule has 1 aromatic carbocycles. The minimum absolute atomic E-state index is 0.273. The van der Waals surface area contributed by atoms with Crippen LogP contribution in [0.5, 0.6) is 5.75 Å². The summed E-state index contributed by atoms with van der Waals surface area (Å²) in [5.74, 6) is -0.587. The lowest BCUT2D eigenvalue weighted by Crippen LogP contribution is -2.13. The SMILES string of the molecule is COc1ccsc1C(N)c1cc(C)c(F)cc1F. The van der Waals surface area contributed by atoms with E-state index in [9.17, 15) is 8.78 Å². The first-order valence-electron chi connectivity index (χ1n) is 5.37. The van der Waals surface area contributed by atoms with Crippen LogP contribution in [0.15, 0.2) is 23.6 Å². The van der Waals surface area contributed by atoms with Crippen molar-refractivity contribution in [1.82, 2.24) is 0 Å². The molecule has 0 aliphatic heterocycles. The molecule has 1 atom stereocenters. The summed E-state index contributed by atoms with van der Waals surface area (Å²) in [7, 11) is 1.53. The van der Waals surface area contributed by atoms with Crippen LogP contribution >= 0.6 is 11.3 Å². The molecule has 0 bridgehead atoms. The predicted molar refractivity (Wildman–Crippen MR) is 68.0 cm³/mol. The summed E-state index contributed by atoms with van der Waals surface area (Å²) in [5.41, 5.74) is 6.67. The second-order valence-corrected chi connectivity index (χ2v) is 4.90. The van der Waals surface area contributed by atoms with E-state index in [-0.39, 0.29) is 5.56 Å². The van der Waals surface area contributed by atoms with Crippen LogP contribution in [0, 0.1) is 18.6 Å². The van der Waals surface area contributed by atoms with Gasteiger partial charge in [0.15, 0.2) is 0 Å². The summed E-state index contributed by atoms with van der Waals surface area (Å²) in [4.78, 5) is 0.724. The first kappa shape index (κ1) is 13.0. The molecule has 0 amide bonds. The first-order valence-corrected chi connectivity index (χ1v) is 6.25. The third kappa shape index (κ3) is 2.23. The molecule has 2 rings (SSSR count). The monoisotopic (exact) mass is 269 g/mol. The molecule has 2 aromatic rings. The molecule has 0 saturated heterocycles. The highest BCUT2D eigenvalue weighted by Crippen LogP contribution is 2.34. The van der Waals surface area contributed by atoms with Gasteiger partial charge in [0.05, 0.1) is 18.0 Å². The second-order valence-electron chi connectivity index (χ2n) is 3.95. The topological polar surface area (TPSA) is 35.2 Å². The van der Waals surface area contributed by atoms with Crippen molar-refractivity contribution in [2.75, 3.05) is 7.11 Å². The Morgan fingerprint density at radius 2 is 2.00 bits per heavy atom. The van der Waals surface area contributed by atoms with Crippen molar-refractivity contribution in [3.05, 3.63) is 51.2 Å². The number of ether oxygens (including phenoxy) is 1. The lowest BCUT2D eigenvalue weighted by molar-refractivity contribution is 0.410. The Kier molecular flexibility index (Phi) is 3.63. The number of aryl methyl sites for hydroxylation is 1. The third-order valence-electron chi connectivity index (χ3n) is 2.77. The van der Waals surface area contributed by atoms with Gasteiger partial charge in [0, 0.05) is 11.6 Å². The standard InChI is InChI=1S/C13H13F2NOS/c1-7-5-8(10(15)6-9(7)14)12(16)13-11(17-2)3-4-18-13/h3-6,12H,16H2,1-2H3. The van der Waals surface area contributed by atoms with E-state index < -0.39 is 17.7 Å². The number of hydrogen-bond acceptors (Lipinski definition) is 3. The van der Waals surface area contributed by atoms with Gasteiger partial charge >= 0.3 is 0 Å². The van der Waals surface area contributed by atoms with Gasteiger partial charge < -0.3 is 10.5 Å². The molecule has 0 aliphatic rings. The molecule has 1 heterocycles. The van der Waals surface area contributed by atoms with Gasteiger partial charge in [-0.05, 0) is 30.0 Å². The van der Waals surface area contributed by atoms with Crippen LogP contribution < -0.4 is 10.5 Å². The van der Waals surface area contributed by atoms with E-state index in [0.29, 0.717) is 11.3 Å². The normalized spacial score (nSPS) is 12.5. The molecule has 0 saturated carbocycles. The van der Waals surface area contributed by atoms with E-state index in [1.54, 1.807) is 13.0 Å². The highest BCUT2D eigenvalue weighted by molar-refractivity contribution is 7.10. The van der Waals surface area contributed by atoms with Gasteiger partial charge in [-0.25, -0.2) is 8.78 Å². The van der Waals surface area contributed by atoms with Crippen molar-refractivity contribution < 1.29 is 13.5 Å². The Hall–Kier alpha value is -1.46. The number of benzene rings is 1. The van der Waals surface area contributed by atoms with Crippen molar-refractivity contribution in [3.8, 4) is 5.75 Å². The molecule has 2 N–H and O–H groups in total. The number of halogens is 2. The van der Waals surface area contributed by atoms with E-state index in [1.165, 1.54) is 24.5 Å². The smallest absolute Gasteiger partial charge is 0.134 e. The molecule has 1 unspecified atom stereocenters. The van der Waals surface area contributed by atoms with Gasteiger partial charge in [-0.2, -0.15) is 0 Å². The van der Waals surface area contributed by atoms with E-state index in [0.717, 1.165) is 10.9 Å². The quantitative estimate of drug-likeness (QED) is 0.927. The van der Waals surface area contributed by atoms with Gasteiger partial charge in [-0.15, -0.1) is 11.3 Å². The Morgan fingerprint density at radius 1 is 1.28 bits per heavy atom. The van der Waals surface area contributed by atoms with Crippen molar-refractivity contribution in [3.63, 3.8) is 0 Å². The third-order valence-corrected chi connectivity index (χ3v) is 3.75. The molecule has 5 heteroatoms. The van der Waals surface area contributed by atoms with Gasteiger partial charge in [-0.3, -0.25) is 0 Å². The largest absolute Gasteiger partial charge is 0.496 e. The average Bonchev–Trinajstić information content (AvgIpc) is 2.81. The van der Waals surface area contributed by atoms with Gasteiger partial charge in [0.1, 0.15) is 17.4 Å². The lowest BCUT2D eigenvalue weighted by Gasteiger charge is -2.14. The summed E-state index contributed by atoms with van der Waals surface area (Å²) in [6, 6.07) is 3.42. The highest BCUT2D eigenvalue weighted by atomic mass is 32.1. The lowest BCUT2D eigenvalue weighted by atomic mass is 10.0. The number of hydrogen-bond donors (Lipinski definition) is 1. The Bertz CT molecular complexity index is 568. The van der Waals surface area contributed by atoms with Crippen LogP contribution in [-0.2, 0) is 0 Å². The van der Waals surface area contributed by atoms with Crippen molar-refractivity contribution >= 4 is 11.3 Å². The second kappa shape index (κ2) is 5.04. The van der Waals surface area contributed by atoms with Crippen LogP contribution in [0.2, 0.25) is 0 Å². The summed E-state index contributed by atoms with van der Waals surface area (Å²) in [6.07, 6.45) is 0. The van der Waals surface area contributed by atoms with E-state index in [2.05, 4.69) is 0 Å². The van der Waals surface area contributed by atoms with E-state index in [1.807, 2.05) is 5.38 Å². The maximum atomic E-state index is 13.8. The molecular formula is C13H13F2NOS. The van der Waals surface area contributed by atoms with Crippen LogP contribution in [0.1, 0.15) is 22.0 Å². The minimum Gasteiger partial charge on any atom is -0.496 e. The number of methoxy groups -OCH3 is 1. The Labute approximate surface area is 108 Å². The highest BCUT2D eigenvalue weighted by Gasteiger charge is 2.20. The number of nitrogens with two attached hydrogens (primary N) is 1. The fourth-order valence-corrected chi connectivity index (χ4v) is 2.64. The summed E-state index contributed by atoms with van der Waals surface area (Å²) in [5, 5.41) is 1.82. The van der Waals surface area contributed by atoms with Crippen molar-refractivity contribution in [2.24, 2.45) is 5.73 Å². The van der Waals surface area contributed by atoms with E-state index >= 15 is 0 Å². The first-order chi connectivity index (χ1) is 8.54. The van der Waals surface area contributed by atoms with Gasteiger partial charge in [0.2, 0.25) is 0 Å². The zero-order valence-corrected chi connectivity index (χ0v) is 10.9. The molecule has 0 fully saturated rings. The number of rotatable bonds is 3. The fourth-order valence-electron chi connectivity index (χ4n) is 1.76. The van der Waals surface area contributed by atoms with Gasteiger partial charge in [-0.1, -0.05) is 0 Å². The Balaban J connectivity index is 2.46. The maximum Gasteiger partial charge on any atom is 0.134 e. The molecule has 96 valence electrons. The van der Waals surface area contributed by atoms with Crippen molar-refractivity contribution in [1.29, 1.82) is 0 Å². The minimum atomic E-state index is -0.653. The maximum absolute atomic E-state index is 13.8. The molecule has 2 nitrogen and oxygen atoms in total. The fraction of sp³-hybridized carbons (Fsp3) is 0.231. The molecule has 1 aromatic heterocycles. The zero-order chi connectivity index (χ0) is 13.3. The molecular weight excluding hydrogens is 256 g/mol. The summed E-state index contributed by atoms with van der Waals surface area (Å²) >= 11 is 1.39. The summed E-state index contributed by atoms with van der Waals surface area (Å²) in [6.45, 7) is 1.58. The predicted octanol–water partition coefficient (Wildman–Crippen LogP) is 3.39. The molecule has 0 aliphatic carbocycles. The van der Waals surface area contributed by atoms with Gasteiger partial charge in [0.25, 0.3) is 0 Å². The van der Waals surface area contributed by atoms with Crippen molar-refractivity contribution in [2.45, 2.75) is 13.0 Å². The summed E-state index contributed by atoms with van der Waals surface area (Å²) < 4.78 is 32.1.